The fraction of sp³-hybridized carbons (Fsp3) is 0.600. The molecule has 0 saturated heterocycles. The summed E-state index contributed by atoms with van der Waals surface area (Å²) in [6, 6.07) is 8.14. The van der Waals surface area contributed by atoms with Crippen LogP contribution in [0.25, 0.3) is 0 Å². The van der Waals surface area contributed by atoms with E-state index >= 15 is 0 Å². The molecule has 0 aliphatic heterocycles. The van der Waals surface area contributed by atoms with Gasteiger partial charge in [-0.3, -0.25) is 0 Å². The Bertz CT molecular complexity index is 299. The van der Waals surface area contributed by atoms with Crippen molar-refractivity contribution in [3.63, 3.8) is 0 Å². The van der Waals surface area contributed by atoms with Crippen molar-refractivity contribution in [2.45, 2.75) is 51.9 Å². The van der Waals surface area contributed by atoms with Crippen LogP contribution in [0.5, 0.6) is 5.75 Å². The van der Waals surface area contributed by atoms with E-state index < -0.39 is 0 Å². The van der Waals surface area contributed by atoms with Crippen LogP contribution in [0.2, 0.25) is 0 Å². The highest BCUT2D eigenvalue weighted by Crippen LogP contribution is 2.11. The van der Waals surface area contributed by atoms with E-state index in [9.17, 15) is 0 Å². The first-order chi connectivity index (χ1) is 8.34. The molecule has 1 atom stereocenters. The third-order valence-electron chi connectivity index (χ3n) is 2.92. The molecule has 1 aromatic carbocycles. The van der Waals surface area contributed by atoms with Gasteiger partial charge in [0.1, 0.15) is 5.75 Å². The van der Waals surface area contributed by atoms with Crippen molar-refractivity contribution >= 4 is 14.5 Å². The zero-order chi connectivity index (χ0) is 12.3. The topological polar surface area (TPSA) is 9.23 Å². The van der Waals surface area contributed by atoms with Crippen molar-refractivity contribution in [2.24, 2.45) is 0 Å². The maximum absolute atomic E-state index is 5.74. The minimum atomic E-state index is 0.846. The summed E-state index contributed by atoms with van der Waals surface area (Å²) in [4.78, 5) is 0. The van der Waals surface area contributed by atoms with Gasteiger partial charge in [-0.1, -0.05) is 63.6 Å². The summed E-state index contributed by atoms with van der Waals surface area (Å²) in [5.41, 5.74) is 0. The molecule has 0 bridgehead atoms. The third-order valence-corrected chi connectivity index (χ3v) is 3.40. The van der Waals surface area contributed by atoms with E-state index in [-0.39, 0.29) is 0 Å². The maximum atomic E-state index is 5.74. The number of ether oxygens (including phenoxy) is 1. The summed E-state index contributed by atoms with van der Waals surface area (Å²) in [6.07, 6.45) is 9.31. The standard InChI is InChI=1S/C15H25OP/c1-2-3-4-5-6-7-10-13-16-14-11-8-9-12-15(14)17/h8-9,11-12H,2-7,10,13,17H2,1H3. The Labute approximate surface area is 108 Å². The van der Waals surface area contributed by atoms with Crippen LogP contribution in [0.4, 0.5) is 0 Å². The Hall–Kier alpha value is -0.550. The molecule has 1 aromatic rings. The Morgan fingerprint density at radius 2 is 1.59 bits per heavy atom. The number of benzene rings is 1. The Morgan fingerprint density at radius 1 is 0.941 bits per heavy atom. The molecule has 0 N–H and O–H groups in total. The van der Waals surface area contributed by atoms with Gasteiger partial charge in [0.25, 0.3) is 0 Å². The molecule has 17 heavy (non-hydrogen) atoms. The second kappa shape index (κ2) is 9.48. The van der Waals surface area contributed by atoms with Gasteiger partial charge in [0.15, 0.2) is 0 Å². The van der Waals surface area contributed by atoms with E-state index in [0.29, 0.717) is 0 Å². The van der Waals surface area contributed by atoms with Crippen molar-refractivity contribution in [3.8, 4) is 5.75 Å². The molecule has 0 radical (unpaired) electrons. The van der Waals surface area contributed by atoms with Crippen LogP contribution in [0.3, 0.4) is 0 Å². The lowest BCUT2D eigenvalue weighted by Crippen LogP contribution is -2.03. The van der Waals surface area contributed by atoms with Crippen molar-refractivity contribution in [1.82, 2.24) is 0 Å². The monoisotopic (exact) mass is 252 g/mol. The van der Waals surface area contributed by atoms with Crippen LogP contribution in [-0.2, 0) is 0 Å². The van der Waals surface area contributed by atoms with Gasteiger partial charge >= 0.3 is 0 Å². The first kappa shape index (κ1) is 14.5. The number of hydrogen-bond acceptors (Lipinski definition) is 1. The van der Waals surface area contributed by atoms with Crippen molar-refractivity contribution < 1.29 is 4.74 Å². The van der Waals surface area contributed by atoms with E-state index in [0.717, 1.165) is 17.7 Å². The number of hydrogen-bond donors (Lipinski definition) is 0. The van der Waals surface area contributed by atoms with Gasteiger partial charge in [0.2, 0.25) is 0 Å². The Kier molecular flexibility index (Phi) is 8.09. The zero-order valence-electron chi connectivity index (χ0n) is 11.0. The van der Waals surface area contributed by atoms with Crippen molar-refractivity contribution in [3.05, 3.63) is 24.3 Å². The number of unbranched alkanes of at least 4 members (excludes halogenated alkanes) is 6. The minimum Gasteiger partial charge on any atom is -0.493 e. The molecule has 0 amide bonds. The van der Waals surface area contributed by atoms with E-state index in [1.807, 2.05) is 18.2 Å². The molecule has 0 heterocycles. The molecule has 2 heteroatoms. The quantitative estimate of drug-likeness (QED) is 0.470. The SMILES string of the molecule is CCCCCCCCCOc1ccccc1P. The average Bonchev–Trinajstić information content (AvgIpc) is 2.35. The lowest BCUT2D eigenvalue weighted by molar-refractivity contribution is 0.307. The van der Waals surface area contributed by atoms with Gasteiger partial charge in [-0.05, 0) is 12.5 Å². The predicted molar refractivity (Wildman–Crippen MR) is 79.3 cm³/mol. The van der Waals surface area contributed by atoms with Gasteiger partial charge in [-0.2, -0.15) is 0 Å². The van der Waals surface area contributed by atoms with E-state index in [1.165, 1.54) is 44.9 Å². The lowest BCUT2D eigenvalue weighted by atomic mass is 10.1. The molecule has 1 unspecified atom stereocenters. The largest absolute Gasteiger partial charge is 0.493 e. The van der Waals surface area contributed by atoms with Crippen LogP contribution >= 0.6 is 9.24 Å². The van der Waals surface area contributed by atoms with Crippen LogP contribution < -0.4 is 10.0 Å². The fourth-order valence-corrected chi connectivity index (χ4v) is 2.14. The molecule has 1 nitrogen and oxygen atoms in total. The molecule has 0 spiro atoms. The molecule has 1 rings (SSSR count). The van der Waals surface area contributed by atoms with Gasteiger partial charge < -0.3 is 4.74 Å². The average molecular weight is 252 g/mol. The smallest absolute Gasteiger partial charge is 0.126 e. The summed E-state index contributed by atoms with van der Waals surface area (Å²) in [7, 11) is 2.71. The number of para-hydroxylation sites is 1. The van der Waals surface area contributed by atoms with Crippen LogP contribution in [0, 0.1) is 0 Å². The summed E-state index contributed by atoms with van der Waals surface area (Å²) in [5.74, 6) is 1.00. The lowest BCUT2D eigenvalue weighted by Gasteiger charge is -2.08. The predicted octanol–water partition coefficient (Wildman–Crippen LogP) is 4.32. The first-order valence-corrected chi connectivity index (χ1v) is 7.39. The van der Waals surface area contributed by atoms with Gasteiger partial charge in [0, 0.05) is 5.30 Å². The second-order valence-electron chi connectivity index (χ2n) is 4.51. The fourth-order valence-electron chi connectivity index (χ4n) is 1.85. The first-order valence-electron chi connectivity index (χ1n) is 6.82. The highest BCUT2D eigenvalue weighted by atomic mass is 31.0. The summed E-state index contributed by atoms with van der Waals surface area (Å²) in [6.45, 7) is 3.10. The van der Waals surface area contributed by atoms with Gasteiger partial charge in [-0.15, -0.1) is 9.24 Å². The summed E-state index contributed by atoms with van der Waals surface area (Å²) < 4.78 is 5.74. The van der Waals surface area contributed by atoms with Crippen molar-refractivity contribution in [2.75, 3.05) is 6.61 Å². The van der Waals surface area contributed by atoms with E-state index in [1.54, 1.807) is 0 Å². The molecular weight excluding hydrogens is 227 g/mol. The molecule has 0 saturated carbocycles. The van der Waals surface area contributed by atoms with E-state index in [2.05, 4.69) is 22.2 Å². The van der Waals surface area contributed by atoms with Crippen LogP contribution in [-0.4, -0.2) is 6.61 Å². The van der Waals surface area contributed by atoms with Gasteiger partial charge in [0.05, 0.1) is 6.61 Å². The molecular formula is C15H25OP. The molecule has 0 aliphatic carbocycles. The summed E-state index contributed by atoms with van der Waals surface area (Å²) in [5, 5.41) is 1.15. The zero-order valence-corrected chi connectivity index (χ0v) is 12.1. The van der Waals surface area contributed by atoms with Crippen molar-refractivity contribution in [1.29, 1.82) is 0 Å². The van der Waals surface area contributed by atoms with E-state index in [4.69, 9.17) is 4.74 Å². The molecule has 0 fully saturated rings. The minimum absolute atomic E-state index is 0.846. The molecule has 0 aromatic heterocycles. The highest BCUT2D eigenvalue weighted by molar-refractivity contribution is 7.27. The molecule has 96 valence electrons. The number of rotatable bonds is 9. The van der Waals surface area contributed by atoms with Crippen LogP contribution in [0.1, 0.15) is 51.9 Å². The Balaban J connectivity index is 1.99. The Morgan fingerprint density at radius 3 is 2.29 bits per heavy atom. The van der Waals surface area contributed by atoms with Crippen LogP contribution in [0.15, 0.2) is 24.3 Å². The second-order valence-corrected chi connectivity index (χ2v) is 5.13. The normalized spacial score (nSPS) is 10.5. The molecule has 0 aliphatic rings. The highest BCUT2D eigenvalue weighted by Gasteiger charge is 1.97. The maximum Gasteiger partial charge on any atom is 0.126 e. The third kappa shape index (κ3) is 6.68. The van der Waals surface area contributed by atoms with Gasteiger partial charge in [-0.25, -0.2) is 0 Å². The summed E-state index contributed by atoms with van der Waals surface area (Å²) >= 11 is 0.